The first-order chi connectivity index (χ1) is 16.0. The third kappa shape index (κ3) is 4.01. The van der Waals surface area contributed by atoms with Crippen molar-refractivity contribution in [1.82, 2.24) is 14.5 Å². The molecule has 5 rings (SSSR count). The molecule has 0 N–H and O–H groups in total. The van der Waals surface area contributed by atoms with Crippen molar-refractivity contribution in [2.45, 2.75) is 26.7 Å². The summed E-state index contributed by atoms with van der Waals surface area (Å²) < 4.78 is 2.12. The summed E-state index contributed by atoms with van der Waals surface area (Å²) in [4.78, 5) is 20.1. The predicted octanol–water partition coefficient (Wildman–Crippen LogP) is 5.74. The van der Waals surface area contributed by atoms with Gasteiger partial charge in [-0.25, -0.2) is 4.98 Å². The average Bonchev–Trinajstić information content (AvgIpc) is 3.23. The zero-order valence-corrected chi connectivity index (χ0v) is 19.0. The van der Waals surface area contributed by atoms with Crippen LogP contribution >= 0.6 is 0 Å². The normalized spacial score (nSPS) is 16.0. The van der Waals surface area contributed by atoms with Crippen molar-refractivity contribution in [3.8, 4) is 23.1 Å². The van der Waals surface area contributed by atoms with Crippen LogP contribution in [0.4, 0.5) is 0 Å². The van der Waals surface area contributed by atoms with Crippen LogP contribution in [0.2, 0.25) is 0 Å². The molecule has 4 aromatic rings. The number of hydrogen-bond acceptors (Lipinski definition) is 3. The van der Waals surface area contributed by atoms with Gasteiger partial charge < -0.3 is 4.90 Å². The van der Waals surface area contributed by atoms with Gasteiger partial charge in [-0.3, -0.25) is 9.36 Å². The fourth-order valence-electron chi connectivity index (χ4n) is 4.61. The number of piperidine rings is 1. The Morgan fingerprint density at radius 2 is 1.82 bits per heavy atom. The minimum Gasteiger partial charge on any atom is -0.338 e. The smallest absolute Gasteiger partial charge is 0.253 e. The van der Waals surface area contributed by atoms with Crippen LogP contribution in [0, 0.1) is 24.2 Å². The molecule has 33 heavy (non-hydrogen) atoms. The van der Waals surface area contributed by atoms with E-state index in [1.165, 1.54) is 12.0 Å². The van der Waals surface area contributed by atoms with Crippen molar-refractivity contribution < 1.29 is 4.79 Å². The number of carbonyl (C=O) groups excluding carboxylic acids is 1. The molecular weight excluding hydrogens is 408 g/mol. The molecule has 0 bridgehead atoms. The molecule has 5 heteroatoms. The van der Waals surface area contributed by atoms with Gasteiger partial charge in [0.2, 0.25) is 0 Å². The Morgan fingerprint density at radius 1 is 1.06 bits per heavy atom. The van der Waals surface area contributed by atoms with E-state index in [2.05, 4.69) is 48.7 Å². The van der Waals surface area contributed by atoms with E-state index in [4.69, 9.17) is 4.98 Å². The van der Waals surface area contributed by atoms with Crippen molar-refractivity contribution in [3.63, 3.8) is 0 Å². The van der Waals surface area contributed by atoms with Crippen molar-refractivity contribution in [2.24, 2.45) is 5.92 Å². The number of aromatic nitrogens is 2. The van der Waals surface area contributed by atoms with Crippen LogP contribution in [0.15, 0.2) is 66.7 Å². The molecule has 1 aliphatic heterocycles. The van der Waals surface area contributed by atoms with E-state index in [0.29, 0.717) is 17.0 Å². The average molecular weight is 435 g/mol. The van der Waals surface area contributed by atoms with Crippen molar-refractivity contribution in [2.75, 3.05) is 13.1 Å². The largest absolute Gasteiger partial charge is 0.338 e. The number of amides is 1. The van der Waals surface area contributed by atoms with Crippen LogP contribution in [0.25, 0.3) is 28.1 Å². The quantitative estimate of drug-likeness (QED) is 0.413. The van der Waals surface area contributed by atoms with E-state index in [9.17, 15) is 10.1 Å². The molecule has 5 nitrogen and oxygen atoms in total. The molecule has 1 aromatic heterocycles. The van der Waals surface area contributed by atoms with Crippen molar-refractivity contribution in [3.05, 3.63) is 83.4 Å². The summed E-state index contributed by atoms with van der Waals surface area (Å²) in [5, 5.41) is 9.17. The van der Waals surface area contributed by atoms with Crippen LogP contribution < -0.4 is 0 Å². The van der Waals surface area contributed by atoms with E-state index in [0.717, 1.165) is 47.6 Å². The van der Waals surface area contributed by atoms with Gasteiger partial charge in [-0.2, -0.15) is 5.26 Å². The predicted molar refractivity (Wildman–Crippen MR) is 130 cm³/mol. The summed E-state index contributed by atoms with van der Waals surface area (Å²) in [5.41, 5.74) is 6.13. The molecule has 164 valence electrons. The number of hydrogen-bond donors (Lipinski definition) is 0. The molecule has 1 fully saturated rings. The van der Waals surface area contributed by atoms with E-state index < -0.39 is 0 Å². The minimum atomic E-state index is 0.0771. The summed E-state index contributed by atoms with van der Waals surface area (Å²) in [7, 11) is 0. The third-order valence-corrected chi connectivity index (χ3v) is 6.41. The zero-order chi connectivity index (χ0) is 22.9. The number of nitrogens with zero attached hydrogens (tertiary/aromatic N) is 4. The van der Waals surface area contributed by atoms with Crippen molar-refractivity contribution in [1.29, 1.82) is 5.26 Å². The van der Waals surface area contributed by atoms with E-state index >= 15 is 0 Å². The van der Waals surface area contributed by atoms with Crippen LogP contribution in [-0.2, 0) is 0 Å². The first kappa shape index (κ1) is 21.0. The van der Waals surface area contributed by atoms with Gasteiger partial charge >= 0.3 is 0 Å². The Labute approximate surface area is 193 Å². The molecule has 1 atom stereocenters. The highest BCUT2D eigenvalue weighted by molar-refractivity contribution is 5.98. The Hall–Kier alpha value is -3.91. The monoisotopic (exact) mass is 434 g/mol. The van der Waals surface area contributed by atoms with Gasteiger partial charge in [-0.05, 0) is 80.3 Å². The molecule has 1 unspecified atom stereocenters. The Morgan fingerprint density at radius 3 is 2.52 bits per heavy atom. The topological polar surface area (TPSA) is 61.9 Å². The summed E-state index contributed by atoms with van der Waals surface area (Å²) in [5.74, 6) is 1.40. The molecule has 0 aliphatic carbocycles. The second-order valence-corrected chi connectivity index (χ2v) is 9.00. The van der Waals surface area contributed by atoms with Gasteiger partial charge in [0, 0.05) is 29.9 Å². The molecule has 1 amide bonds. The SMILES string of the molecule is Cc1ccc(-n2c(-c3ccc(C#N)cc3)nc3cc(C(=O)N4CCCC(C)C4)ccc32)cc1. The lowest BCUT2D eigenvalue weighted by Gasteiger charge is -2.31. The van der Waals surface area contributed by atoms with Crippen molar-refractivity contribution >= 4 is 16.9 Å². The fraction of sp³-hybridized carbons (Fsp3) is 0.250. The Balaban J connectivity index is 1.63. The molecule has 3 aromatic carbocycles. The number of nitriles is 1. The van der Waals surface area contributed by atoms with Gasteiger partial charge in [0.1, 0.15) is 5.82 Å². The lowest BCUT2D eigenvalue weighted by molar-refractivity contribution is 0.0683. The molecule has 0 saturated carbocycles. The lowest BCUT2D eigenvalue weighted by atomic mass is 9.99. The lowest BCUT2D eigenvalue weighted by Crippen LogP contribution is -2.39. The summed E-state index contributed by atoms with van der Waals surface area (Å²) in [6.07, 6.45) is 2.23. The number of carbonyl (C=O) groups is 1. The third-order valence-electron chi connectivity index (χ3n) is 6.41. The standard InChI is InChI=1S/C28H26N4O/c1-19-5-12-24(13-6-19)32-26-14-11-23(28(33)31-15-3-4-20(2)18-31)16-25(26)30-27(32)22-9-7-21(17-29)8-10-22/h5-14,16,20H,3-4,15,18H2,1-2H3. The maximum atomic E-state index is 13.2. The van der Waals surface area contributed by atoms with E-state index in [1.54, 1.807) is 12.1 Å². The number of likely N-dealkylation sites (tertiary alicyclic amines) is 1. The van der Waals surface area contributed by atoms with Gasteiger partial charge in [-0.15, -0.1) is 0 Å². The number of aryl methyl sites for hydroxylation is 1. The van der Waals surface area contributed by atoms with Crippen LogP contribution in [-0.4, -0.2) is 33.4 Å². The molecule has 2 heterocycles. The highest BCUT2D eigenvalue weighted by atomic mass is 16.2. The summed E-state index contributed by atoms with van der Waals surface area (Å²) >= 11 is 0. The fourth-order valence-corrected chi connectivity index (χ4v) is 4.61. The summed E-state index contributed by atoms with van der Waals surface area (Å²) in [6, 6.07) is 23.8. The number of fused-ring (bicyclic) bond motifs is 1. The van der Waals surface area contributed by atoms with Gasteiger partial charge in [0.05, 0.1) is 22.7 Å². The maximum Gasteiger partial charge on any atom is 0.253 e. The second kappa shape index (κ2) is 8.55. The van der Waals surface area contributed by atoms with Crippen LogP contribution in [0.5, 0.6) is 0 Å². The Bertz CT molecular complexity index is 1360. The molecular formula is C28H26N4O. The zero-order valence-electron chi connectivity index (χ0n) is 19.0. The number of benzene rings is 3. The second-order valence-electron chi connectivity index (χ2n) is 9.00. The Kier molecular flexibility index (Phi) is 5.43. The highest BCUT2D eigenvalue weighted by Gasteiger charge is 2.23. The molecule has 0 radical (unpaired) electrons. The maximum absolute atomic E-state index is 13.2. The molecule has 1 saturated heterocycles. The first-order valence-electron chi connectivity index (χ1n) is 11.4. The molecule has 1 aliphatic rings. The van der Waals surface area contributed by atoms with Gasteiger partial charge in [0.15, 0.2) is 0 Å². The van der Waals surface area contributed by atoms with Gasteiger partial charge in [0.25, 0.3) is 5.91 Å². The highest BCUT2D eigenvalue weighted by Crippen LogP contribution is 2.30. The minimum absolute atomic E-state index is 0.0771. The summed E-state index contributed by atoms with van der Waals surface area (Å²) in [6.45, 7) is 5.90. The van der Waals surface area contributed by atoms with Gasteiger partial charge in [-0.1, -0.05) is 24.6 Å². The number of imidazole rings is 1. The molecule has 0 spiro atoms. The van der Waals surface area contributed by atoms with Crippen LogP contribution in [0.1, 0.15) is 41.3 Å². The van der Waals surface area contributed by atoms with E-state index in [1.807, 2.05) is 35.2 Å². The van der Waals surface area contributed by atoms with E-state index in [-0.39, 0.29) is 5.91 Å². The first-order valence-corrected chi connectivity index (χ1v) is 11.4. The number of rotatable bonds is 3. The van der Waals surface area contributed by atoms with Crippen LogP contribution in [0.3, 0.4) is 0 Å².